The van der Waals surface area contributed by atoms with E-state index in [0.717, 1.165) is 0 Å². The van der Waals surface area contributed by atoms with Crippen molar-refractivity contribution in [2.75, 3.05) is 0 Å². The fourth-order valence-electron chi connectivity index (χ4n) is 1.94. The highest BCUT2D eigenvalue weighted by atomic mass is 28.3. The third kappa shape index (κ3) is 5.31. The number of rotatable bonds is 7. The zero-order chi connectivity index (χ0) is 12.6. The van der Waals surface area contributed by atoms with E-state index >= 15 is 0 Å². The summed E-state index contributed by atoms with van der Waals surface area (Å²) in [5, 5.41) is 1.47. The van der Waals surface area contributed by atoms with E-state index in [9.17, 15) is 0 Å². The van der Waals surface area contributed by atoms with E-state index in [1.165, 1.54) is 37.3 Å². The maximum absolute atomic E-state index is 4.09. The van der Waals surface area contributed by atoms with Gasteiger partial charge in [-0.05, 0) is 25.0 Å². The van der Waals surface area contributed by atoms with Gasteiger partial charge in [0.2, 0.25) is 0 Å². The van der Waals surface area contributed by atoms with Crippen LogP contribution < -0.4 is 5.19 Å². The van der Waals surface area contributed by atoms with Crippen molar-refractivity contribution in [3.8, 4) is 0 Å². The molecule has 0 aromatic carbocycles. The van der Waals surface area contributed by atoms with Crippen molar-refractivity contribution in [2.24, 2.45) is 0 Å². The number of pyridine rings is 1. The lowest BCUT2D eigenvalue weighted by Crippen LogP contribution is -2.39. The highest BCUT2D eigenvalue weighted by Crippen LogP contribution is 2.08. The first kappa shape index (κ1) is 14.2. The van der Waals surface area contributed by atoms with E-state index in [1.54, 1.807) is 0 Å². The van der Waals surface area contributed by atoms with E-state index in [4.69, 9.17) is 0 Å². The summed E-state index contributed by atoms with van der Waals surface area (Å²) in [6, 6.07) is 4.32. The van der Waals surface area contributed by atoms with E-state index in [-0.39, 0.29) is 0 Å². The number of aromatic nitrogens is 1. The normalized spacial score (nSPS) is 12.2. The molecule has 1 aromatic heterocycles. The summed E-state index contributed by atoms with van der Waals surface area (Å²) in [6.45, 7) is 7.05. The van der Waals surface area contributed by atoms with Crippen LogP contribution >= 0.6 is 0 Å². The van der Waals surface area contributed by atoms with Gasteiger partial charge in [-0.2, -0.15) is 0 Å². The Morgan fingerprint density at radius 2 is 1.82 bits per heavy atom. The maximum atomic E-state index is 4.09. The molecule has 0 amide bonds. The van der Waals surface area contributed by atoms with E-state index in [2.05, 4.69) is 48.9 Å². The molecule has 0 aliphatic rings. The molecule has 17 heavy (non-hydrogen) atoms. The highest BCUT2D eigenvalue weighted by Gasteiger charge is 2.18. The standard InChI is InChI=1S/C15H25NSi/c1-4-5-6-7-8-9-14-17(2,3)15-10-12-16-13-11-15/h9-14H,4-8H2,1-3H3/b14-9+. The second kappa shape index (κ2) is 7.44. The minimum absolute atomic E-state index is 1.24. The molecular formula is C15H25NSi. The van der Waals surface area contributed by atoms with Gasteiger partial charge in [-0.15, -0.1) is 0 Å². The predicted octanol–water partition coefficient (Wildman–Crippen LogP) is 4.06. The van der Waals surface area contributed by atoms with Gasteiger partial charge in [-0.25, -0.2) is 0 Å². The van der Waals surface area contributed by atoms with E-state index in [0.29, 0.717) is 0 Å². The molecule has 1 rings (SSSR count). The Hall–Kier alpha value is -0.893. The lowest BCUT2D eigenvalue weighted by Gasteiger charge is -2.17. The first-order valence-electron chi connectivity index (χ1n) is 6.75. The second-order valence-corrected chi connectivity index (χ2v) is 9.56. The Bertz CT molecular complexity index is 330. The molecule has 1 nitrogen and oxygen atoms in total. The highest BCUT2D eigenvalue weighted by molar-refractivity contribution is 6.93. The van der Waals surface area contributed by atoms with Crippen LogP contribution in [0.25, 0.3) is 0 Å². The van der Waals surface area contributed by atoms with Crippen LogP contribution in [-0.4, -0.2) is 13.1 Å². The molecule has 0 bridgehead atoms. The second-order valence-electron chi connectivity index (χ2n) is 5.21. The summed E-state index contributed by atoms with van der Waals surface area (Å²) >= 11 is 0. The summed E-state index contributed by atoms with van der Waals surface area (Å²) in [6.07, 6.45) is 12.8. The van der Waals surface area contributed by atoms with Gasteiger partial charge >= 0.3 is 0 Å². The van der Waals surface area contributed by atoms with Crippen LogP contribution in [0.1, 0.15) is 39.0 Å². The van der Waals surface area contributed by atoms with Crippen LogP contribution in [0.4, 0.5) is 0 Å². The minimum atomic E-state index is -1.37. The fraction of sp³-hybridized carbons (Fsp3) is 0.533. The summed E-state index contributed by atoms with van der Waals surface area (Å²) in [5.74, 6) is 0. The Balaban J connectivity index is 2.41. The Labute approximate surface area is 107 Å². The van der Waals surface area contributed by atoms with Crippen LogP contribution in [0.5, 0.6) is 0 Å². The molecule has 0 N–H and O–H groups in total. The minimum Gasteiger partial charge on any atom is -0.265 e. The molecule has 1 aromatic rings. The zero-order valence-electron chi connectivity index (χ0n) is 11.4. The van der Waals surface area contributed by atoms with Crippen LogP contribution in [0.2, 0.25) is 13.1 Å². The van der Waals surface area contributed by atoms with Gasteiger partial charge < -0.3 is 0 Å². The molecule has 0 radical (unpaired) electrons. The smallest absolute Gasteiger partial charge is 0.104 e. The first-order chi connectivity index (χ1) is 8.17. The van der Waals surface area contributed by atoms with Gasteiger partial charge in [0, 0.05) is 12.4 Å². The molecule has 0 unspecified atom stereocenters. The average Bonchev–Trinajstić information content (AvgIpc) is 2.35. The van der Waals surface area contributed by atoms with Crippen LogP contribution in [-0.2, 0) is 0 Å². The zero-order valence-corrected chi connectivity index (χ0v) is 12.4. The van der Waals surface area contributed by atoms with Crippen molar-refractivity contribution in [1.82, 2.24) is 4.98 Å². The Morgan fingerprint density at radius 1 is 1.12 bits per heavy atom. The number of nitrogens with zero attached hydrogens (tertiary/aromatic N) is 1. The van der Waals surface area contributed by atoms with Crippen molar-refractivity contribution in [3.63, 3.8) is 0 Å². The topological polar surface area (TPSA) is 12.9 Å². The lowest BCUT2D eigenvalue weighted by atomic mass is 10.2. The number of allylic oxidation sites excluding steroid dienone is 1. The van der Waals surface area contributed by atoms with Crippen molar-refractivity contribution in [3.05, 3.63) is 36.3 Å². The van der Waals surface area contributed by atoms with Gasteiger partial charge in [-0.1, -0.05) is 56.2 Å². The molecule has 0 fully saturated rings. The van der Waals surface area contributed by atoms with Crippen molar-refractivity contribution < 1.29 is 0 Å². The van der Waals surface area contributed by atoms with Crippen molar-refractivity contribution in [1.29, 1.82) is 0 Å². The molecule has 94 valence electrons. The third-order valence-corrected chi connectivity index (χ3v) is 6.07. The van der Waals surface area contributed by atoms with Crippen molar-refractivity contribution >= 4 is 13.3 Å². The molecule has 0 aliphatic heterocycles. The Morgan fingerprint density at radius 3 is 2.47 bits per heavy atom. The summed E-state index contributed by atoms with van der Waals surface area (Å²) in [5.41, 5.74) is 2.47. The van der Waals surface area contributed by atoms with Crippen LogP contribution in [0.3, 0.4) is 0 Å². The third-order valence-electron chi connectivity index (χ3n) is 3.18. The molecule has 0 spiro atoms. The maximum Gasteiger partial charge on any atom is 0.104 e. The quantitative estimate of drug-likeness (QED) is 0.523. The molecule has 0 aliphatic carbocycles. The lowest BCUT2D eigenvalue weighted by molar-refractivity contribution is 0.674. The van der Waals surface area contributed by atoms with E-state index in [1.807, 2.05) is 12.4 Å². The molecule has 2 heteroatoms. The summed E-state index contributed by atoms with van der Waals surface area (Å²) < 4.78 is 0. The Kier molecular flexibility index (Phi) is 6.20. The fourth-order valence-corrected chi connectivity index (χ4v) is 3.90. The van der Waals surface area contributed by atoms with Crippen molar-refractivity contribution in [2.45, 2.75) is 52.1 Å². The van der Waals surface area contributed by atoms with Crippen LogP contribution in [0, 0.1) is 0 Å². The van der Waals surface area contributed by atoms with Gasteiger partial charge in [0.15, 0.2) is 0 Å². The van der Waals surface area contributed by atoms with Gasteiger partial charge in [0.25, 0.3) is 0 Å². The monoisotopic (exact) mass is 247 g/mol. The molecule has 0 saturated heterocycles. The largest absolute Gasteiger partial charge is 0.265 e. The van der Waals surface area contributed by atoms with Gasteiger partial charge in [0.1, 0.15) is 8.07 Å². The predicted molar refractivity (Wildman–Crippen MR) is 79.3 cm³/mol. The number of hydrogen-bond donors (Lipinski definition) is 0. The van der Waals surface area contributed by atoms with E-state index < -0.39 is 8.07 Å². The summed E-state index contributed by atoms with van der Waals surface area (Å²) in [7, 11) is -1.37. The molecule has 1 heterocycles. The molecule has 0 saturated carbocycles. The van der Waals surface area contributed by atoms with Gasteiger partial charge in [-0.3, -0.25) is 4.98 Å². The molecular weight excluding hydrogens is 222 g/mol. The number of unbranched alkanes of at least 4 members (excludes halogenated alkanes) is 4. The summed E-state index contributed by atoms with van der Waals surface area (Å²) in [4.78, 5) is 4.09. The first-order valence-corrected chi connectivity index (χ1v) is 9.83. The number of hydrogen-bond acceptors (Lipinski definition) is 1. The SMILES string of the molecule is CCCCCC/C=C/[Si](C)(C)c1ccncc1. The van der Waals surface area contributed by atoms with Gasteiger partial charge in [0.05, 0.1) is 0 Å². The van der Waals surface area contributed by atoms with Crippen LogP contribution in [0.15, 0.2) is 36.3 Å². The molecule has 0 atom stereocenters. The average molecular weight is 247 g/mol.